The van der Waals surface area contributed by atoms with Crippen molar-refractivity contribution < 1.29 is 9.31 Å². The van der Waals surface area contributed by atoms with Gasteiger partial charge in [-0.25, -0.2) is 0 Å². The molecule has 10 heavy (non-hydrogen) atoms. The van der Waals surface area contributed by atoms with Gasteiger partial charge in [0.05, 0.1) is 0 Å². The molecule has 3 N–H and O–H groups in total. The maximum atomic E-state index is 6.86. The largest absolute Gasteiger partial charge is 0.496 e. The molecule has 0 amide bonds. The van der Waals surface area contributed by atoms with Crippen molar-refractivity contribution in [2.24, 2.45) is 5.73 Å². The lowest BCUT2D eigenvalue weighted by Gasteiger charge is -2.06. The minimum Gasteiger partial charge on any atom is -0.410 e. The highest BCUT2D eigenvalue weighted by atomic mass is 16.6. The van der Waals surface area contributed by atoms with Crippen LogP contribution >= 0.6 is 0 Å². The highest BCUT2D eigenvalue weighted by molar-refractivity contribution is 6.59. The smallest absolute Gasteiger partial charge is 0.410 e. The molecule has 0 aliphatic heterocycles. The third-order valence-corrected chi connectivity index (χ3v) is 1.06. The van der Waals surface area contributed by atoms with E-state index in [0.717, 1.165) is 6.21 Å². The van der Waals surface area contributed by atoms with E-state index in [4.69, 9.17) is 20.5 Å². The Morgan fingerprint density at radius 1 is 1.50 bits per heavy atom. The zero-order valence-electron chi connectivity index (χ0n) is 6.13. The Bertz CT molecular complexity index is 134. The Morgan fingerprint density at radius 3 is 2.10 bits per heavy atom. The zero-order valence-corrected chi connectivity index (χ0v) is 6.13. The van der Waals surface area contributed by atoms with Gasteiger partial charge < -0.3 is 20.5 Å². The summed E-state index contributed by atoms with van der Waals surface area (Å²) >= 11 is 0. The fourth-order valence-corrected chi connectivity index (χ4v) is 0.563. The number of allylic oxidation sites excluding steroid dienone is 1. The van der Waals surface area contributed by atoms with E-state index >= 15 is 0 Å². The highest BCUT2D eigenvalue weighted by Crippen LogP contribution is 1.96. The average molecular weight is 142 g/mol. The van der Waals surface area contributed by atoms with E-state index in [9.17, 15) is 0 Å². The van der Waals surface area contributed by atoms with Crippen molar-refractivity contribution >= 4 is 13.3 Å². The normalized spacial score (nSPS) is 11.2. The van der Waals surface area contributed by atoms with Gasteiger partial charge in [-0.05, 0) is 6.20 Å². The molecule has 0 aliphatic carbocycles. The van der Waals surface area contributed by atoms with E-state index in [1.54, 1.807) is 0 Å². The maximum Gasteiger partial charge on any atom is 0.496 e. The monoisotopic (exact) mass is 142 g/mol. The van der Waals surface area contributed by atoms with Crippen LogP contribution in [0.2, 0.25) is 0 Å². The molecule has 5 heteroatoms. The SMILES string of the molecule is COB(OC)/C(C=N)=C/N. The summed E-state index contributed by atoms with van der Waals surface area (Å²) in [7, 11) is 2.45. The Hall–Kier alpha value is -0.805. The first-order chi connectivity index (χ1) is 4.79. The second-order valence-corrected chi connectivity index (χ2v) is 1.61. The Kier molecular flexibility index (Phi) is 4.61. The van der Waals surface area contributed by atoms with E-state index in [2.05, 4.69) is 0 Å². The minimum absolute atomic E-state index is 0.505. The molecule has 0 saturated carbocycles. The van der Waals surface area contributed by atoms with Crippen LogP contribution in [0, 0.1) is 5.41 Å². The molecule has 0 radical (unpaired) electrons. The topological polar surface area (TPSA) is 68.3 Å². The predicted octanol–water partition coefficient (Wildman–Crippen LogP) is -0.201. The van der Waals surface area contributed by atoms with Gasteiger partial charge in [-0.15, -0.1) is 0 Å². The van der Waals surface area contributed by atoms with Gasteiger partial charge in [0, 0.05) is 25.9 Å². The van der Waals surface area contributed by atoms with E-state index in [1.807, 2.05) is 0 Å². The van der Waals surface area contributed by atoms with E-state index in [-0.39, 0.29) is 0 Å². The van der Waals surface area contributed by atoms with Gasteiger partial charge in [0.2, 0.25) is 0 Å². The first-order valence-corrected chi connectivity index (χ1v) is 2.78. The fraction of sp³-hybridized carbons (Fsp3) is 0.400. The molecule has 0 atom stereocenters. The Labute approximate surface area is 60.7 Å². The van der Waals surface area contributed by atoms with Gasteiger partial charge in [-0.2, -0.15) is 0 Å². The van der Waals surface area contributed by atoms with Crippen molar-refractivity contribution in [3.63, 3.8) is 0 Å². The molecular formula is C5H11BN2O2. The average Bonchev–Trinajstić information content (AvgIpc) is 2.00. The van der Waals surface area contributed by atoms with Crippen LogP contribution in [0.1, 0.15) is 0 Å². The molecular weight excluding hydrogens is 131 g/mol. The van der Waals surface area contributed by atoms with Crippen molar-refractivity contribution in [2.75, 3.05) is 14.2 Å². The number of nitrogens with two attached hydrogens (primary N) is 1. The second kappa shape index (κ2) is 5.02. The minimum atomic E-state index is -0.525. The van der Waals surface area contributed by atoms with Crippen LogP contribution < -0.4 is 5.73 Å². The van der Waals surface area contributed by atoms with Gasteiger partial charge in [0.15, 0.2) is 0 Å². The molecule has 56 valence electrons. The summed E-state index contributed by atoms with van der Waals surface area (Å²) in [5, 5.41) is 6.86. The lowest BCUT2D eigenvalue weighted by molar-refractivity contribution is 0.289. The molecule has 0 heterocycles. The molecule has 0 aromatic rings. The summed E-state index contributed by atoms with van der Waals surface area (Å²) < 4.78 is 9.64. The summed E-state index contributed by atoms with van der Waals surface area (Å²) in [6.45, 7) is 0. The van der Waals surface area contributed by atoms with Crippen LogP contribution in [0.5, 0.6) is 0 Å². The predicted molar refractivity (Wildman–Crippen MR) is 40.8 cm³/mol. The van der Waals surface area contributed by atoms with Crippen molar-refractivity contribution in [3.05, 3.63) is 11.7 Å². The first kappa shape index (κ1) is 9.19. The number of nitrogens with one attached hydrogen (secondary N) is 1. The van der Waals surface area contributed by atoms with E-state index in [1.165, 1.54) is 20.4 Å². The molecule has 0 aromatic heterocycles. The number of hydrogen-bond acceptors (Lipinski definition) is 4. The quantitative estimate of drug-likeness (QED) is 0.421. The summed E-state index contributed by atoms with van der Waals surface area (Å²) in [5.74, 6) is 0. The van der Waals surface area contributed by atoms with Gasteiger partial charge in [-0.1, -0.05) is 0 Å². The molecule has 4 nitrogen and oxygen atoms in total. The molecule has 0 bridgehead atoms. The van der Waals surface area contributed by atoms with Crippen LogP contribution in [0.25, 0.3) is 0 Å². The first-order valence-electron chi connectivity index (χ1n) is 2.78. The molecule has 0 aromatic carbocycles. The van der Waals surface area contributed by atoms with E-state index in [0.29, 0.717) is 5.47 Å². The van der Waals surface area contributed by atoms with Crippen LogP contribution in [0.4, 0.5) is 0 Å². The summed E-state index contributed by atoms with van der Waals surface area (Å²) in [4.78, 5) is 0. The maximum absolute atomic E-state index is 6.86. The van der Waals surface area contributed by atoms with Gasteiger partial charge in [0.25, 0.3) is 0 Å². The molecule has 0 unspecified atom stereocenters. The third-order valence-electron chi connectivity index (χ3n) is 1.06. The summed E-state index contributed by atoms with van der Waals surface area (Å²) in [6.07, 6.45) is 2.38. The van der Waals surface area contributed by atoms with E-state index < -0.39 is 7.12 Å². The number of hydrogen-bond donors (Lipinski definition) is 2. The van der Waals surface area contributed by atoms with Crippen LogP contribution in [0.15, 0.2) is 11.7 Å². The second-order valence-electron chi connectivity index (χ2n) is 1.61. The van der Waals surface area contributed by atoms with Crippen molar-refractivity contribution in [1.82, 2.24) is 0 Å². The van der Waals surface area contributed by atoms with Crippen molar-refractivity contribution in [3.8, 4) is 0 Å². The lowest BCUT2D eigenvalue weighted by atomic mass is 9.79. The zero-order chi connectivity index (χ0) is 7.98. The Balaban J connectivity index is 4.10. The molecule has 0 spiro atoms. The number of rotatable bonds is 4. The Morgan fingerprint density at radius 2 is 2.00 bits per heavy atom. The fourth-order valence-electron chi connectivity index (χ4n) is 0.563. The molecule has 0 aliphatic rings. The molecule has 0 rings (SSSR count). The highest BCUT2D eigenvalue weighted by Gasteiger charge is 2.18. The summed E-state index contributed by atoms with van der Waals surface area (Å²) in [6, 6.07) is 0. The standard InChI is InChI=1S/C5H11BN2O2/c1-9-6(10-2)5(3-7)4-8/h3-4,7H,8H2,1-2H3/b5-4+,7-3?. The molecule has 0 saturated heterocycles. The lowest BCUT2D eigenvalue weighted by Crippen LogP contribution is -2.24. The van der Waals surface area contributed by atoms with Crippen LogP contribution in [-0.2, 0) is 9.31 Å². The van der Waals surface area contributed by atoms with Gasteiger partial charge in [-0.3, -0.25) is 0 Å². The van der Waals surface area contributed by atoms with Crippen LogP contribution in [-0.4, -0.2) is 27.6 Å². The van der Waals surface area contributed by atoms with Gasteiger partial charge in [0.1, 0.15) is 0 Å². The third kappa shape index (κ3) is 2.20. The summed E-state index contributed by atoms with van der Waals surface area (Å²) in [5.41, 5.74) is 5.67. The molecule has 0 fully saturated rings. The van der Waals surface area contributed by atoms with Crippen molar-refractivity contribution in [2.45, 2.75) is 0 Å². The van der Waals surface area contributed by atoms with Crippen molar-refractivity contribution in [1.29, 1.82) is 5.41 Å². The van der Waals surface area contributed by atoms with Gasteiger partial charge >= 0.3 is 7.12 Å². The van der Waals surface area contributed by atoms with Crippen LogP contribution in [0.3, 0.4) is 0 Å².